The third-order valence-electron chi connectivity index (χ3n) is 4.10. The lowest BCUT2D eigenvalue weighted by molar-refractivity contribution is -0.127. The van der Waals surface area contributed by atoms with E-state index in [0.717, 1.165) is 24.4 Å². The zero-order valence-corrected chi connectivity index (χ0v) is 16.1. The maximum absolute atomic E-state index is 12.2. The largest absolute Gasteiger partial charge is 0.457 e. The molecule has 0 saturated heterocycles. The van der Waals surface area contributed by atoms with Crippen LogP contribution in [0.2, 0.25) is 0 Å². The van der Waals surface area contributed by atoms with Crippen LogP contribution in [0, 0.1) is 0 Å². The van der Waals surface area contributed by atoms with Gasteiger partial charge in [-0.1, -0.05) is 18.2 Å². The normalized spacial score (nSPS) is 10.5. The van der Waals surface area contributed by atoms with Crippen LogP contribution in [0.4, 0.5) is 5.69 Å². The molecule has 2 aromatic rings. The minimum Gasteiger partial charge on any atom is -0.457 e. The second-order valence-electron chi connectivity index (χ2n) is 6.52. The van der Waals surface area contributed by atoms with E-state index in [4.69, 9.17) is 4.74 Å². The van der Waals surface area contributed by atoms with Crippen molar-refractivity contribution in [2.75, 3.05) is 39.0 Å². The third-order valence-corrected chi connectivity index (χ3v) is 4.10. The molecule has 0 atom stereocenters. The Hall–Kier alpha value is -2.86. The molecule has 0 saturated carbocycles. The molecule has 27 heavy (non-hydrogen) atoms. The zero-order valence-electron chi connectivity index (χ0n) is 16.1. The van der Waals surface area contributed by atoms with Crippen molar-refractivity contribution in [1.29, 1.82) is 0 Å². The van der Waals surface area contributed by atoms with E-state index < -0.39 is 0 Å². The van der Waals surface area contributed by atoms with E-state index in [-0.39, 0.29) is 11.8 Å². The van der Waals surface area contributed by atoms with Crippen molar-refractivity contribution in [2.45, 2.75) is 13.3 Å². The standard InChI is InChI=1S/C21H27N3O3/c1-17(25)24(3)15-7-14-23(2)16-21(26)22-18-10-12-20(13-11-18)27-19-8-5-4-6-9-19/h4-6,8-13H,7,14-16H2,1-3H3,(H,22,26). The summed E-state index contributed by atoms with van der Waals surface area (Å²) in [5, 5.41) is 2.88. The predicted molar refractivity (Wildman–Crippen MR) is 107 cm³/mol. The molecular weight excluding hydrogens is 342 g/mol. The Morgan fingerprint density at radius 2 is 1.56 bits per heavy atom. The molecule has 0 radical (unpaired) electrons. The monoisotopic (exact) mass is 369 g/mol. The number of nitrogens with zero attached hydrogens (tertiary/aromatic N) is 2. The number of para-hydroxylation sites is 1. The highest BCUT2D eigenvalue weighted by Crippen LogP contribution is 2.22. The molecular formula is C21H27N3O3. The molecule has 0 heterocycles. The summed E-state index contributed by atoms with van der Waals surface area (Å²) in [4.78, 5) is 26.9. The molecule has 0 aromatic heterocycles. The van der Waals surface area contributed by atoms with E-state index >= 15 is 0 Å². The Morgan fingerprint density at radius 3 is 2.19 bits per heavy atom. The SMILES string of the molecule is CC(=O)N(C)CCCN(C)CC(=O)Nc1ccc(Oc2ccccc2)cc1. The van der Waals surface area contributed by atoms with Crippen LogP contribution in [0.15, 0.2) is 54.6 Å². The Bertz CT molecular complexity index is 732. The first-order chi connectivity index (χ1) is 12.9. The fraction of sp³-hybridized carbons (Fsp3) is 0.333. The second kappa shape index (κ2) is 10.3. The number of hydrogen-bond acceptors (Lipinski definition) is 4. The molecule has 144 valence electrons. The summed E-state index contributed by atoms with van der Waals surface area (Å²) < 4.78 is 5.73. The Morgan fingerprint density at radius 1 is 0.926 bits per heavy atom. The average molecular weight is 369 g/mol. The molecule has 2 rings (SSSR count). The van der Waals surface area contributed by atoms with Gasteiger partial charge in [-0.05, 0) is 49.9 Å². The molecule has 2 aromatic carbocycles. The number of amides is 2. The van der Waals surface area contributed by atoms with Crippen molar-refractivity contribution < 1.29 is 14.3 Å². The fourth-order valence-electron chi connectivity index (χ4n) is 2.49. The number of benzene rings is 2. The average Bonchev–Trinajstić information content (AvgIpc) is 2.64. The number of ether oxygens (including phenoxy) is 1. The van der Waals surface area contributed by atoms with E-state index in [2.05, 4.69) is 5.32 Å². The topological polar surface area (TPSA) is 61.9 Å². The van der Waals surface area contributed by atoms with E-state index in [1.807, 2.05) is 66.5 Å². The Labute approximate surface area is 160 Å². The van der Waals surface area contributed by atoms with Gasteiger partial charge in [0.05, 0.1) is 6.54 Å². The summed E-state index contributed by atoms with van der Waals surface area (Å²) >= 11 is 0. The van der Waals surface area contributed by atoms with Crippen molar-refractivity contribution in [1.82, 2.24) is 9.80 Å². The van der Waals surface area contributed by atoms with E-state index in [1.54, 1.807) is 18.9 Å². The predicted octanol–water partition coefficient (Wildman–Crippen LogP) is 3.22. The molecule has 0 aliphatic rings. The summed E-state index contributed by atoms with van der Waals surface area (Å²) in [5.74, 6) is 1.46. The highest BCUT2D eigenvalue weighted by atomic mass is 16.5. The Balaban J connectivity index is 1.74. The van der Waals surface area contributed by atoms with Gasteiger partial charge in [-0.25, -0.2) is 0 Å². The lowest BCUT2D eigenvalue weighted by Gasteiger charge is -2.19. The second-order valence-corrected chi connectivity index (χ2v) is 6.52. The molecule has 2 amide bonds. The number of anilines is 1. The van der Waals surface area contributed by atoms with Crippen molar-refractivity contribution in [3.63, 3.8) is 0 Å². The van der Waals surface area contributed by atoms with Crippen molar-refractivity contribution in [2.24, 2.45) is 0 Å². The van der Waals surface area contributed by atoms with E-state index in [1.165, 1.54) is 0 Å². The smallest absolute Gasteiger partial charge is 0.238 e. The van der Waals surface area contributed by atoms with Crippen LogP contribution in [-0.4, -0.2) is 55.3 Å². The van der Waals surface area contributed by atoms with Crippen molar-refractivity contribution >= 4 is 17.5 Å². The third kappa shape index (κ3) is 7.50. The van der Waals surface area contributed by atoms with Crippen LogP contribution in [0.1, 0.15) is 13.3 Å². The summed E-state index contributed by atoms with van der Waals surface area (Å²) in [5.41, 5.74) is 0.727. The molecule has 1 N–H and O–H groups in total. The number of carbonyl (C=O) groups is 2. The van der Waals surface area contributed by atoms with Crippen LogP contribution in [0.25, 0.3) is 0 Å². The number of hydrogen-bond donors (Lipinski definition) is 1. The van der Waals surface area contributed by atoms with Crippen LogP contribution in [-0.2, 0) is 9.59 Å². The molecule has 0 fully saturated rings. The highest BCUT2D eigenvalue weighted by molar-refractivity contribution is 5.92. The van der Waals surface area contributed by atoms with Gasteiger partial charge < -0.3 is 15.0 Å². The van der Waals surface area contributed by atoms with Crippen molar-refractivity contribution in [3.05, 3.63) is 54.6 Å². The number of likely N-dealkylation sites (N-methyl/N-ethyl adjacent to an activating group) is 1. The molecule has 0 aliphatic carbocycles. The van der Waals surface area contributed by atoms with E-state index in [9.17, 15) is 9.59 Å². The van der Waals surface area contributed by atoms with Gasteiger partial charge in [0, 0.05) is 32.7 Å². The van der Waals surface area contributed by atoms with Crippen molar-refractivity contribution in [3.8, 4) is 11.5 Å². The molecule has 0 aliphatic heterocycles. The summed E-state index contributed by atoms with van der Waals surface area (Å²) in [6.07, 6.45) is 0.825. The highest BCUT2D eigenvalue weighted by Gasteiger charge is 2.08. The summed E-state index contributed by atoms with van der Waals surface area (Å²) in [7, 11) is 3.67. The first-order valence-electron chi connectivity index (χ1n) is 8.97. The lowest BCUT2D eigenvalue weighted by atomic mass is 10.3. The summed E-state index contributed by atoms with van der Waals surface area (Å²) in [6, 6.07) is 16.8. The fourth-order valence-corrected chi connectivity index (χ4v) is 2.49. The maximum Gasteiger partial charge on any atom is 0.238 e. The maximum atomic E-state index is 12.2. The molecule has 6 heteroatoms. The molecule has 0 unspecified atom stereocenters. The minimum absolute atomic E-state index is 0.0510. The number of nitrogens with one attached hydrogen (secondary N) is 1. The van der Waals surface area contributed by atoms with Crippen LogP contribution in [0.3, 0.4) is 0 Å². The summed E-state index contributed by atoms with van der Waals surface area (Å²) in [6.45, 7) is 3.28. The van der Waals surface area contributed by atoms with Crippen LogP contribution < -0.4 is 10.1 Å². The molecule has 6 nitrogen and oxygen atoms in total. The van der Waals surface area contributed by atoms with Crippen LogP contribution >= 0.6 is 0 Å². The first kappa shape index (κ1) is 20.5. The lowest BCUT2D eigenvalue weighted by Crippen LogP contribution is -2.33. The van der Waals surface area contributed by atoms with Gasteiger partial charge in [0.1, 0.15) is 11.5 Å². The Kier molecular flexibility index (Phi) is 7.82. The van der Waals surface area contributed by atoms with Gasteiger partial charge >= 0.3 is 0 Å². The van der Waals surface area contributed by atoms with Gasteiger partial charge in [0.2, 0.25) is 11.8 Å². The number of rotatable bonds is 9. The molecule has 0 bridgehead atoms. The first-order valence-corrected chi connectivity index (χ1v) is 8.97. The van der Waals surface area contributed by atoms with Gasteiger partial charge in [0.25, 0.3) is 0 Å². The molecule has 0 spiro atoms. The van der Waals surface area contributed by atoms with Gasteiger partial charge in [-0.3, -0.25) is 14.5 Å². The van der Waals surface area contributed by atoms with E-state index in [0.29, 0.717) is 18.8 Å². The number of carbonyl (C=O) groups excluding carboxylic acids is 2. The van der Waals surface area contributed by atoms with Gasteiger partial charge in [-0.15, -0.1) is 0 Å². The zero-order chi connectivity index (χ0) is 19.6. The van der Waals surface area contributed by atoms with Crippen LogP contribution in [0.5, 0.6) is 11.5 Å². The quantitative estimate of drug-likeness (QED) is 0.737. The van der Waals surface area contributed by atoms with Gasteiger partial charge in [-0.2, -0.15) is 0 Å². The van der Waals surface area contributed by atoms with Gasteiger partial charge in [0.15, 0.2) is 0 Å². The minimum atomic E-state index is -0.0749.